The van der Waals surface area contributed by atoms with Gasteiger partial charge in [-0.3, -0.25) is 4.68 Å². The fourth-order valence-electron chi connectivity index (χ4n) is 4.88. The second-order valence-electron chi connectivity index (χ2n) is 9.42. The number of hydrogen-bond donors (Lipinski definition) is 2. The Morgan fingerprint density at radius 2 is 1.80 bits per heavy atom. The van der Waals surface area contributed by atoms with E-state index in [2.05, 4.69) is 20.2 Å². The zero-order valence-corrected chi connectivity index (χ0v) is 21.5. The molecule has 1 aliphatic heterocycles. The van der Waals surface area contributed by atoms with Gasteiger partial charge >= 0.3 is 6.09 Å². The Morgan fingerprint density at radius 3 is 2.52 bits per heavy atom. The van der Waals surface area contributed by atoms with E-state index in [1.807, 2.05) is 19.2 Å². The van der Waals surface area contributed by atoms with Gasteiger partial charge in [-0.2, -0.15) is 14.6 Å². The molecular weight excluding hydrogens is 520 g/mol. The van der Waals surface area contributed by atoms with Crippen molar-refractivity contribution < 1.29 is 18.7 Å². The molecule has 0 saturated carbocycles. The lowest BCUT2D eigenvalue weighted by Crippen LogP contribution is -2.49. The number of nitrogens with zero attached hydrogens (tertiary/aromatic N) is 8. The summed E-state index contributed by atoms with van der Waals surface area (Å²) in [5.74, 6) is 0.458. The van der Waals surface area contributed by atoms with Gasteiger partial charge in [-0.1, -0.05) is 0 Å². The minimum Gasteiger partial charge on any atom is -0.465 e. The number of hydrogen-bond acceptors (Lipinski definition) is 7. The lowest BCUT2D eigenvalue weighted by Gasteiger charge is -2.34. The maximum Gasteiger partial charge on any atom is 0.407 e. The van der Waals surface area contributed by atoms with Gasteiger partial charge in [0, 0.05) is 51.5 Å². The summed E-state index contributed by atoms with van der Waals surface area (Å²) in [6.07, 6.45) is 2.22. The van der Waals surface area contributed by atoms with Crippen molar-refractivity contribution in [2.24, 2.45) is 7.05 Å². The van der Waals surface area contributed by atoms with E-state index in [1.165, 1.54) is 29.3 Å². The molecule has 40 heavy (non-hydrogen) atoms. The molecule has 2 N–H and O–H groups in total. The molecule has 0 radical (unpaired) electrons. The molecule has 0 unspecified atom stereocenters. The molecule has 1 amide bonds. The highest BCUT2D eigenvalue weighted by atomic mass is 19.1. The standard InChI is InChI=1S/C27H25F2N9O2/c1-35-26(36-10-12-37(13-11-36)27(39)40)24(25(34-35)18-2-4-19(28)5-3-18)20-6-7-23-32-22(16-38(23)33-20)31-15-17-8-9-30-21(29)14-17/h2-9,14,16,31H,10-13,15H2,1H3,(H,39,40). The van der Waals surface area contributed by atoms with Crippen LogP contribution in [0.5, 0.6) is 0 Å². The van der Waals surface area contributed by atoms with E-state index in [0.29, 0.717) is 55.6 Å². The third kappa shape index (κ3) is 4.88. The molecule has 0 aliphatic carbocycles. The Bertz CT molecular complexity index is 1690. The second-order valence-corrected chi connectivity index (χ2v) is 9.42. The van der Waals surface area contributed by atoms with Crippen molar-refractivity contribution in [3.63, 3.8) is 0 Å². The van der Waals surface area contributed by atoms with E-state index >= 15 is 0 Å². The zero-order valence-electron chi connectivity index (χ0n) is 21.5. The van der Waals surface area contributed by atoms with Crippen LogP contribution >= 0.6 is 0 Å². The topological polar surface area (TPSA) is 117 Å². The largest absolute Gasteiger partial charge is 0.465 e. The van der Waals surface area contributed by atoms with Gasteiger partial charge in [-0.25, -0.2) is 23.7 Å². The van der Waals surface area contributed by atoms with Crippen molar-refractivity contribution in [3.05, 3.63) is 78.3 Å². The average Bonchev–Trinajstić information content (AvgIpc) is 3.52. The molecule has 1 aliphatic rings. The highest BCUT2D eigenvalue weighted by Gasteiger charge is 2.29. The van der Waals surface area contributed by atoms with Crippen LogP contribution in [0.1, 0.15) is 5.56 Å². The first kappa shape index (κ1) is 25.2. The Balaban J connectivity index is 1.38. The fourth-order valence-corrected chi connectivity index (χ4v) is 4.88. The van der Waals surface area contributed by atoms with Crippen molar-refractivity contribution >= 4 is 23.4 Å². The molecule has 11 nitrogen and oxygen atoms in total. The van der Waals surface area contributed by atoms with Crippen LogP contribution in [-0.4, -0.2) is 71.6 Å². The summed E-state index contributed by atoms with van der Waals surface area (Å²) in [6, 6.07) is 12.9. The van der Waals surface area contributed by atoms with Crippen molar-refractivity contribution in [1.29, 1.82) is 0 Å². The number of piperazine rings is 1. The first-order valence-corrected chi connectivity index (χ1v) is 12.6. The number of aromatic nitrogens is 6. The average molecular weight is 546 g/mol. The van der Waals surface area contributed by atoms with Gasteiger partial charge in [-0.15, -0.1) is 0 Å². The SMILES string of the molecule is Cn1nc(-c2ccc(F)cc2)c(-c2ccc3nc(NCc4ccnc(F)c4)cn3n2)c1N1CCN(C(=O)O)CC1. The van der Waals surface area contributed by atoms with E-state index < -0.39 is 12.0 Å². The second kappa shape index (κ2) is 10.2. The lowest BCUT2D eigenvalue weighted by molar-refractivity contribution is 0.142. The van der Waals surface area contributed by atoms with E-state index in [4.69, 9.17) is 10.2 Å². The van der Waals surface area contributed by atoms with Crippen LogP contribution < -0.4 is 10.2 Å². The van der Waals surface area contributed by atoms with Gasteiger partial charge in [0.1, 0.15) is 23.1 Å². The fraction of sp³-hybridized carbons (Fsp3) is 0.222. The quantitative estimate of drug-likeness (QED) is 0.309. The molecule has 6 rings (SSSR count). The lowest BCUT2D eigenvalue weighted by atomic mass is 10.0. The smallest absolute Gasteiger partial charge is 0.407 e. The minimum atomic E-state index is -0.942. The van der Waals surface area contributed by atoms with Crippen LogP contribution in [-0.2, 0) is 13.6 Å². The van der Waals surface area contributed by atoms with Crippen LogP contribution in [0.25, 0.3) is 28.2 Å². The highest BCUT2D eigenvalue weighted by molar-refractivity contribution is 5.88. The number of benzene rings is 1. The number of nitrogens with one attached hydrogen (secondary N) is 1. The van der Waals surface area contributed by atoms with E-state index in [9.17, 15) is 18.7 Å². The zero-order chi connectivity index (χ0) is 27.8. The third-order valence-corrected chi connectivity index (χ3v) is 6.83. The van der Waals surface area contributed by atoms with E-state index in [-0.39, 0.29) is 5.82 Å². The Kier molecular flexibility index (Phi) is 6.46. The van der Waals surface area contributed by atoms with Crippen LogP contribution in [0, 0.1) is 11.8 Å². The number of anilines is 2. The maximum atomic E-state index is 13.7. The first-order chi connectivity index (χ1) is 19.4. The number of aryl methyl sites for hydroxylation is 1. The Morgan fingerprint density at radius 1 is 1.02 bits per heavy atom. The van der Waals surface area contributed by atoms with Gasteiger partial charge < -0.3 is 20.2 Å². The van der Waals surface area contributed by atoms with Crippen molar-refractivity contribution in [1.82, 2.24) is 34.3 Å². The van der Waals surface area contributed by atoms with Gasteiger partial charge in [-0.05, 0) is 54.1 Å². The number of carbonyl (C=O) groups is 1. The normalized spacial score (nSPS) is 13.7. The van der Waals surface area contributed by atoms with E-state index in [0.717, 1.165) is 22.5 Å². The number of pyridine rings is 1. The van der Waals surface area contributed by atoms with Crippen LogP contribution in [0.2, 0.25) is 0 Å². The first-order valence-electron chi connectivity index (χ1n) is 12.6. The minimum absolute atomic E-state index is 0.348. The summed E-state index contributed by atoms with van der Waals surface area (Å²) >= 11 is 0. The highest BCUT2D eigenvalue weighted by Crippen LogP contribution is 2.39. The van der Waals surface area contributed by atoms with Crippen LogP contribution in [0.3, 0.4) is 0 Å². The predicted octanol–water partition coefficient (Wildman–Crippen LogP) is 3.88. The molecule has 0 atom stereocenters. The number of carboxylic acid groups (broad SMARTS) is 1. The maximum absolute atomic E-state index is 13.7. The molecule has 4 aromatic heterocycles. The number of halogens is 2. The summed E-state index contributed by atoms with van der Waals surface area (Å²) in [5.41, 5.74) is 4.05. The van der Waals surface area contributed by atoms with Gasteiger partial charge in [0.2, 0.25) is 5.95 Å². The van der Waals surface area contributed by atoms with Gasteiger partial charge in [0.25, 0.3) is 0 Å². The summed E-state index contributed by atoms with van der Waals surface area (Å²) in [4.78, 5) is 23.1. The molecule has 1 saturated heterocycles. The summed E-state index contributed by atoms with van der Waals surface area (Å²) in [6.45, 7) is 2.05. The Hall–Kier alpha value is -5.07. The number of imidazole rings is 1. The molecule has 13 heteroatoms. The van der Waals surface area contributed by atoms with Gasteiger partial charge in [0.15, 0.2) is 5.65 Å². The monoisotopic (exact) mass is 545 g/mol. The van der Waals surface area contributed by atoms with Crippen molar-refractivity contribution in [2.45, 2.75) is 6.54 Å². The molecule has 1 fully saturated rings. The predicted molar refractivity (Wildman–Crippen MR) is 144 cm³/mol. The summed E-state index contributed by atoms with van der Waals surface area (Å²) in [7, 11) is 1.83. The molecule has 204 valence electrons. The summed E-state index contributed by atoms with van der Waals surface area (Å²) < 4.78 is 30.6. The number of fused-ring (bicyclic) bond motifs is 1. The van der Waals surface area contributed by atoms with Crippen molar-refractivity contribution in [3.8, 4) is 22.5 Å². The molecule has 1 aromatic carbocycles. The number of rotatable bonds is 6. The molecule has 5 aromatic rings. The third-order valence-electron chi connectivity index (χ3n) is 6.83. The van der Waals surface area contributed by atoms with Gasteiger partial charge in [0.05, 0.1) is 17.5 Å². The molecule has 0 spiro atoms. The summed E-state index contributed by atoms with van der Waals surface area (Å²) in [5, 5.41) is 22.2. The van der Waals surface area contributed by atoms with E-state index in [1.54, 1.807) is 33.6 Å². The van der Waals surface area contributed by atoms with Crippen LogP contribution in [0.4, 0.5) is 25.2 Å². The molecular formula is C27H25F2N9O2. The Labute approximate surface area is 227 Å². The van der Waals surface area contributed by atoms with Crippen molar-refractivity contribution in [2.75, 3.05) is 36.4 Å². The molecule has 0 bridgehead atoms. The van der Waals surface area contributed by atoms with Crippen LogP contribution in [0.15, 0.2) is 60.9 Å². The number of amides is 1. The molecule has 5 heterocycles.